The molecule has 0 aliphatic carbocycles. The molecule has 0 saturated heterocycles. The average Bonchev–Trinajstić information content (AvgIpc) is 3.26. The molecule has 0 saturated carbocycles. The fourth-order valence-corrected chi connectivity index (χ4v) is 10.9. The third-order valence-corrected chi connectivity index (χ3v) is 14.1. The summed E-state index contributed by atoms with van der Waals surface area (Å²) in [6, 6.07) is 43.2. The molecule has 5 aromatic carbocycles. The summed E-state index contributed by atoms with van der Waals surface area (Å²) in [5.41, 5.74) is 7.73. The van der Waals surface area contributed by atoms with Crippen LogP contribution in [0, 0.1) is 0 Å². The Kier molecular flexibility index (Phi) is 17.7. The quantitative estimate of drug-likeness (QED) is 0.175. The molecular formula is C48H56N2O4S4. The number of ether oxygens (including phenoxy) is 4. The maximum absolute atomic E-state index is 6.19. The number of nitrogens with zero attached hydrogens (tertiary/aromatic N) is 2. The third-order valence-electron chi connectivity index (χ3n) is 10.2. The molecule has 6 nitrogen and oxygen atoms in total. The van der Waals surface area contributed by atoms with Gasteiger partial charge in [-0.3, -0.25) is 9.80 Å². The van der Waals surface area contributed by atoms with Gasteiger partial charge in [0.1, 0.15) is 49.4 Å². The minimum atomic E-state index is 0.531. The molecule has 0 N–H and O–H groups in total. The van der Waals surface area contributed by atoms with Gasteiger partial charge in [0.15, 0.2) is 0 Å². The van der Waals surface area contributed by atoms with Crippen LogP contribution in [-0.4, -0.2) is 85.4 Å². The van der Waals surface area contributed by atoms with Crippen LogP contribution in [0.25, 0.3) is 0 Å². The lowest BCUT2D eigenvalue weighted by Gasteiger charge is -2.24. The smallest absolute Gasteiger partial charge is 0.123 e. The van der Waals surface area contributed by atoms with E-state index in [-0.39, 0.29) is 0 Å². The largest absolute Gasteiger partial charge is 0.490 e. The number of thioether (sulfide) groups is 4. The van der Waals surface area contributed by atoms with E-state index in [1.165, 1.54) is 33.4 Å². The number of fused-ring (bicyclic) bond motifs is 4. The first-order valence-corrected chi connectivity index (χ1v) is 25.0. The van der Waals surface area contributed by atoms with Crippen LogP contribution in [0.4, 0.5) is 0 Å². The average molecular weight is 853 g/mol. The second kappa shape index (κ2) is 24.0. The summed E-state index contributed by atoms with van der Waals surface area (Å²) in [5, 5.41) is 0. The molecule has 2 heterocycles. The van der Waals surface area contributed by atoms with Gasteiger partial charge in [0.2, 0.25) is 0 Å². The molecule has 58 heavy (non-hydrogen) atoms. The lowest BCUT2D eigenvalue weighted by atomic mass is 10.1. The normalized spacial score (nSPS) is 17.5. The van der Waals surface area contributed by atoms with Crippen molar-refractivity contribution >= 4 is 47.0 Å². The minimum Gasteiger partial charge on any atom is -0.490 e. The second-order valence-corrected chi connectivity index (χ2v) is 18.8. The molecule has 0 bridgehead atoms. The number of hydrogen-bond donors (Lipinski definition) is 0. The van der Waals surface area contributed by atoms with Crippen LogP contribution in [0.1, 0.15) is 33.4 Å². The number of rotatable bonds is 4. The van der Waals surface area contributed by atoms with E-state index in [4.69, 9.17) is 18.9 Å². The zero-order valence-electron chi connectivity index (χ0n) is 33.4. The standard InChI is InChI=1S/C48H56N2O4S4/c1-5-13-45-41(9-1)35-55-29-21-49(22-30-56-36-42-10-2-6-14-46(42)52-26-25-51-45)33-39-17-19-40(20-18-39)34-50-23-31-57-37-43-11-3-7-15-47(43)53-27-28-54-48-16-8-4-12-44(48)38-58-32-24-50/h1-20H,21-38H2. The van der Waals surface area contributed by atoms with Crippen molar-refractivity contribution in [3.05, 3.63) is 155 Å². The number of para-hydroxylation sites is 4. The van der Waals surface area contributed by atoms with Crippen LogP contribution in [-0.2, 0) is 36.1 Å². The summed E-state index contributed by atoms with van der Waals surface area (Å²) in [7, 11) is 0. The van der Waals surface area contributed by atoms with Crippen LogP contribution in [0.2, 0.25) is 0 Å². The highest BCUT2D eigenvalue weighted by Crippen LogP contribution is 2.28. The Morgan fingerprint density at radius 3 is 0.879 bits per heavy atom. The fraction of sp³-hybridized carbons (Fsp3) is 0.375. The van der Waals surface area contributed by atoms with E-state index in [2.05, 4.69) is 131 Å². The van der Waals surface area contributed by atoms with Gasteiger partial charge in [0, 0.05) is 108 Å². The summed E-state index contributed by atoms with van der Waals surface area (Å²) in [6.07, 6.45) is 0. The van der Waals surface area contributed by atoms with Crippen LogP contribution >= 0.6 is 47.0 Å². The molecule has 306 valence electrons. The van der Waals surface area contributed by atoms with Crippen LogP contribution in [0.3, 0.4) is 0 Å². The van der Waals surface area contributed by atoms with Crippen molar-refractivity contribution in [3.8, 4) is 23.0 Å². The highest BCUT2D eigenvalue weighted by molar-refractivity contribution is 7.99. The molecule has 0 atom stereocenters. The highest BCUT2D eigenvalue weighted by Gasteiger charge is 2.13. The minimum absolute atomic E-state index is 0.531. The van der Waals surface area contributed by atoms with Gasteiger partial charge < -0.3 is 18.9 Å². The Bertz CT molecular complexity index is 1710. The summed E-state index contributed by atoms with van der Waals surface area (Å²) in [6.45, 7) is 8.22. The van der Waals surface area contributed by atoms with Gasteiger partial charge in [-0.05, 0) is 35.4 Å². The zero-order valence-corrected chi connectivity index (χ0v) is 36.7. The summed E-state index contributed by atoms with van der Waals surface area (Å²) < 4.78 is 24.8. The first-order chi connectivity index (χ1) is 28.8. The van der Waals surface area contributed by atoms with E-state index in [1.807, 2.05) is 47.0 Å². The predicted molar refractivity (Wildman–Crippen MR) is 249 cm³/mol. The van der Waals surface area contributed by atoms with Crippen molar-refractivity contribution in [2.24, 2.45) is 0 Å². The maximum atomic E-state index is 6.19. The van der Waals surface area contributed by atoms with Gasteiger partial charge >= 0.3 is 0 Å². The van der Waals surface area contributed by atoms with Crippen molar-refractivity contribution in [2.45, 2.75) is 36.1 Å². The van der Waals surface area contributed by atoms with Crippen LogP contribution < -0.4 is 18.9 Å². The van der Waals surface area contributed by atoms with E-state index in [9.17, 15) is 0 Å². The maximum Gasteiger partial charge on any atom is 0.123 e. The van der Waals surface area contributed by atoms with Crippen molar-refractivity contribution in [2.75, 3.05) is 75.6 Å². The van der Waals surface area contributed by atoms with Gasteiger partial charge in [-0.1, -0.05) is 97.1 Å². The highest BCUT2D eigenvalue weighted by atomic mass is 32.2. The van der Waals surface area contributed by atoms with Crippen molar-refractivity contribution in [1.82, 2.24) is 9.80 Å². The van der Waals surface area contributed by atoms with E-state index < -0.39 is 0 Å². The number of hydrogen-bond acceptors (Lipinski definition) is 10. The topological polar surface area (TPSA) is 43.4 Å². The van der Waals surface area contributed by atoms with Gasteiger partial charge in [-0.25, -0.2) is 0 Å². The number of benzene rings is 5. The molecular weight excluding hydrogens is 797 g/mol. The molecule has 5 aromatic rings. The third kappa shape index (κ3) is 13.8. The zero-order chi connectivity index (χ0) is 39.5. The second-order valence-electron chi connectivity index (χ2n) is 14.4. The molecule has 0 amide bonds. The Labute approximate surface area is 363 Å². The van der Waals surface area contributed by atoms with Crippen LogP contribution in [0.15, 0.2) is 121 Å². The molecule has 0 aromatic heterocycles. The van der Waals surface area contributed by atoms with E-state index in [1.54, 1.807) is 0 Å². The van der Waals surface area contributed by atoms with E-state index >= 15 is 0 Å². The van der Waals surface area contributed by atoms with Gasteiger partial charge in [0.25, 0.3) is 0 Å². The molecule has 0 fully saturated rings. The van der Waals surface area contributed by atoms with Crippen molar-refractivity contribution in [1.29, 1.82) is 0 Å². The van der Waals surface area contributed by atoms with Crippen molar-refractivity contribution < 1.29 is 18.9 Å². The SMILES string of the molecule is c1ccc2c(c1)CSCCN(Cc1ccc(CN3CCSCc4ccccc4OCCOc4ccccc4CSCC3)cc1)CCSCc1ccccc1OCCO2. The summed E-state index contributed by atoms with van der Waals surface area (Å²) >= 11 is 7.95. The molecule has 7 rings (SSSR count). The Hall–Kier alpha value is -3.38. The molecule has 0 spiro atoms. The van der Waals surface area contributed by atoms with E-state index in [0.29, 0.717) is 26.4 Å². The molecule has 0 radical (unpaired) electrons. The molecule has 2 aliphatic rings. The summed E-state index contributed by atoms with van der Waals surface area (Å²) in [5.74, 6) is 11.9. The van der Waals surface area contributed by atoms with Crippen LogP contribution in [0.5, 0.6) is 23.0 Å². The first kappa shape index (κ1) is 42.7. The molecule has 10 heteroatoms. The first-order valence-electron chi connectivity index (χ1n) is 20.4. The monoisotopic (exact) mass is 852 g/mol. The Balaban J connectivity index is 0.972. The Morgan fingerprint density at radius 2 is 0.603 bits per heavy atom. The van der Waals surface area contributed by atoms with E-state index in [0.717, 1.165) is 108 Å². The molecule has 2 aliphatic heterocycles. The van der Waals surface area contributed by atoms with Gasteiger partial charge in [-0.2, -0.15) is 47.0 Å². The van der Waals surface area contributed by atoms with Gasteiger partial charge in [0.05, 0.1) is 0 Å². The lowest BCUT2D eigenvalue weighted by Crippen LogP contribution is -2.29. The predicted octanol–water partition coefficient (Wildman–Crippen LogP) is 10.6. The van der Waals surface area contributed by atoms with Crippen molar-refractivity contribution in [3.63, 3.8) is 0 Å². The fourth-order valence-electron chi connectivity index (χ4n) is 6.97. The lowest BCUT2D eigenvalue weighted by molar-refractivity contribution is 0.215. The summed E-state index contributed by atoms with van der Waals surface area (Å²) in [4.78, 5) is 5.26. The Morgan fingerprint density at radius 1 is 0.345 bits per heavy atom. The van der Waals surface area contributed by atoms with Gasteiger partial charge in [-0.15, -0.1) is 0 Å². The molecule has 0 unspecified atom stereocenters.